The van der Waals surface area contributed by atoms with Crippen LogP contribution in [0.5, 0.6) is 0 Å². The maximum Gasteiger partial charge on any atom is 0.406 e. The Labute approximate surface area is 76.0 Å². The van der Waals surface area contributed by atoms with Crippen LogP contribution in [0.2, 0.25) is 0 Å². The minimum Gasteiger partial charge on any atom is -0.311 e. The summed E-state index contributed by atoms with van der Waals surface area (Å²) >= 11 is 0. The van der Waals surface area contributed by atoms with E-state index in [4.69, 9.17) is 0 Å². The minimum absolute atomic E-state index is 0.104. The molecular weight excluding hydrogens is 201 g/mol. The van der Waals surface area contributed by atoms with Crippen molar-refractivity contribution < 1.29 is 13.2 Å². The first kappa shape index (κ1) is 10.6. The lowest BCUT2D eigenvalue weighted by Crippen LogP contribution is -2.39. The number of hydrogen-bond acceptors (Lipinski definition) is 2. The van der Waals surface area contributed by atoms with Gasteiger partial charge in [0, 0.05) is 11.8 Å². The van der Waals surface area contributed by atoms with Crippen molar-refractivity contribution in [2.24, 2.45) is 0 Å². The van der Waals surface area contributed by atoms with Crippen LogP contribution < -0.4 is 11.2 Å². The van der Waals surface area contributed by atoms with E-state index in [1.54, 1.807) is 0 Å². The quantitative estimate of drug-likeness (QED) is 0.726. The molecule has 4 nitrogen and oxygen atoms in total. The first-order valence-electron chi connectivity index (χ1n) is 3.67. The van der Waals surface area contributed by atoms with Gasteiger partial charge >= 0.3 is 11.9 Å². The number of aromatic amines is 1. The number of aromatic nitrogens is 2. The van der Waals surface area contributed by atoms with Crippen molar-refractivity contribution in [1.82, 2.24) is 9.55 Å². The monoisotopic (exact) mass is 208 g/mol. The number of alkyl halides is 3. The Morgan fingerprint density at radius 1 is 1.43 bits per heavy atom. The topological polar surface area (TPSA) is 54.9 Å². The maximum absolute atomic E-state index is 11.9. The number of hydrogen-bond donors (Lipinski definition) is 1. The highest BCUT2D eigenvalue weighted by Gasteiger charge is 2.29. The van der Waals surface area contributed by atoms with Crippen LogP contribution in [0, 0.1) is 6.92 Å². The van der Waals surface area contributed by atoms with Gasteiger partial charge in [-0.05, 0) is 6.92 Å². The molecule has 0 bridgehead atoms. The highest BCUT2D eigenvalue weighted by atomic mass is 19.4. The van der Waals surface area contributed by atoms with Crippen LogP contribution in [0.3, 0.4) is 0 Å². The van der Waals surface area contributed by atoms with Gasteiger partial charge in [0.1, 0.15) is 6.54 Å². The number of halogens is 3. The molecule has 0 amide bonds. The van der Waals surface area contributed by atoms with Crippen molar-refractivity contribution in [3.63, 3.8) is 0 Å². The first-order chi connectivity index (χ1) is 6.29. The van der Waals surface area contributed by atoms with Crippen molar-refractivity contribution in [3.8, 4) is 0 Å². The summed E-state index contributed by atoms with van der Waals surface area (Å²) in [7, 11) is 0. The van der Waals surface area contributed by atoms with Crippen molar-refractivity contribution in [1.29, 1.82) is 0 Å². The third-order valence-electron chi connectivity index (χ3n) is 1.49. The molecule has 0 radical (unpaired) electrons. The molecule has 1 N–H and O–H groups in total. The summed E-state index contributed by atoms with van der Waals surface area (Å²) in [5.74, 6) is 0. The molecule has 78 valence electrons. The van der Waals surface area contributed by atoms with Crippen LogP contribution in [-0.2, 0) is 6.54 Å². The molecule has 0 spiro atoms. The second kappa shape index (κ2) is 3.32. The van der Waals surface area contributed by atoms with Crippen molar-refractivity contribution >= 4 is 0 Å². The smallest absolute Gasteiger partial charge is 0.311 e. The molecule has 1 aromatic rings. The lowest BCUT2D eigenvalue weighted by molar-refractivity contribution is -0.141. The molecule has 7 heteroatoms. The molecular formula is C7H7F3N2O2. The third kappa shape index (κ3) is 2.48. The number of nitrogens with one attached hydrogen (secondary N) is 1. The Balaban J connectivity index is 3.23. The molecule has 14 heavy (non-hydrogen) atoms. The van der Waals surface area contributed by atoms with Gasteiger partial charge in [0.05, 0.1) is 0 Å². The van der Waals surface area contributed by atoms with Gasteiger partial charge in [-0.25, -0.2) is 4.79 Å². The van der Waals surface area contributed by atoms with Crippen LogP contribution >= 0.6 is 0 Å². The van der Waals surface area contributed by atoms with Gasteiger partial charge < -0.3 is 4.98 Å². The number of rotatable bonds is 1. The summed E-state index contributed by atoms with van der Waals surface area (Å²) in [4.78, 5) is 24.0. The van der Waals surface area contributed by atoms with E-state index in [1.807, 2.05) is 0 Å². The zero-order chi connectivity index (χ0) is 10.9. The molecule has 0 saturated carbocycles. The largest absolute Gasteiger partial charge is 0.406 e. The Hall–Kier alpha value is -1.53. The van der Waals surface area contributed by atoms with Gasteiger partial charge in [0.2, 0.25) is 0 Å². The standard InChI is InChI=1S/C7H7F3N2O2/c1-4-2-5(13)12(6(14)11-4)3-7(8,9)10/h2H,3H2,1H3,(H,11,14). The Kier molecular flexibility index (Phi) is 2.50. The van der Waals surface area contributed by atoms with Gasteiger partial charge in [0.15, 0.2) is 0 Å². The Morgan fingerprint density at radius 3 is 2.43 bits per heavy atom. The van der Waals surface area contributed by atoms with E-state index < -0.39 is 24.0 Å². The van der Waals surface area contributed by atoms with Crippen molar-refractivity contribution in [2.75, 3.05) is 0 Å². The predicted octanol–water partition coefficient (Wildman–Crippen LogP) is 0.407. The van der Waals surface area contributed by atoms with Crippen LogP contribution in [0.15, 0.2) is 15.7 Å². The zero-order valence-electron chi connectivity index (χ0n) is 7.18. The second-order valence-corrected chi connectivity index (χ2v) is 2.80. The summed E-state index contributed by atoms with van der Waals surface area (Å²) in [6.07, 6.45) is -4.58. The molecule has 0 aliphatic carbocycles. The van der Waals surface area contributed by atoms with Gasteiger partial charge in [-0.1, -0.05) is 0 Å². The average molecular weight is 208 g/mol. The van der Waals surface area contributed by atoms with E-state index in [2.05, 4.69) is 4.98 Å². The molecule has 0 fully saturated rings. The van der Waals surface area contributed by atoms with Gasteiger partial charge in [0.25, 0.3) is 5.56 Å². The lowest BCUT2D eigenvalue weighted by atomic mass is 10.4. The summed E-state index contributed by atoms with van der Waals surface area (Å²) < 4.78 is 35.8. The summed E-state index contributed by atoms with van der Waals surface area (Å²) in [5, 5.41) is 0. The Bertz CT molecular complexity index is 412. The summed E-state index contributed by atoms with van der Waals surface area (Å²) in [5.41, 5.74) is -1.77. The fraction of sp³-hybridized carbons (Fsp3) is 0.429. The van der Waals surface area contributed by atoms with Crippen LogP contribution in [-0.4, -0.2) is 15.7 Å². The average Bonchev–Trinajstić information content (AvgIpc) is 1.95. The van der Waals surface area contributed by atoms with Crippen LogP contribution in [0.25, 0.3) is 0 Å². The minimum atomic E-state index is -4.58. The van der Waals surface area contributed by atoms with Crippen molar-refractivity contribution in [3.05, 3.63) is 32.6 Å². The third-order valence-corrected chi connectivity index (χ3v) is 1.49. The normalized spacial score (nSPS) is 11.7. The fourth-order valence-corrected chi connectivity index (χ4v) is 0.964. The molecule has 0 unspecified atom stereocenters. The van der Waals surface area contributed by atoms with Gasteiger partial charge in [-0.3, -0.25) is 9.36 Å². The van der Waals surface area contributed by atoms with E-state index in [1.165, 1.54) is 6.92 Å². The van der Waals surface area contributed by atoms with Crippen molar-refractivity contribution in [2.45, 2.75) is 19.6 Å². The Morgan fingerprint density at radius 2 is 2.00 bits per heavy atom. The molecule has 0 atom stereocenters. The number of H-pyrrole nitrogens is 1. The molecule has 0 aliphatic heterocycles. The van der Waals surface area contributed by atoms with E-state index >= 15 is 0 Å². The van der Waals surface area contributed by atoms with E-state index in [0.29, 0.717) is 0 Å². The molecule has 0 aromatic carbocycles. The van der Waals surface area contributed by atoms with Gasteiger partial charge in [-0.2, -0.15) is 13.2 Å². The van der Waals surface area contributed by atoms with Crippen LogP contribution in [0.4, 0.5) is 13.2 Å². The van der Waals surface area contributed by atoms with E-state index in [-0.39, 0.29) is 10.3 Å². The SMILES string of the molecule is Cc1cc(=O)n(CC(F)(F)F)c(=O)[nH]1. The molecule has 1 heterocycles. The predicted molar refractivity (Wildman–Crippen MR) is 42.1 cm³/mol. The summed E-state index contributed by atoms with van der Waals surface area (Å²) in [6, 6.07) is 0.938. The molecule has 0 aliphatic rings. The number of nitrogens with zero attached hydrogens (tertiary/aromatic N) is 1. The van der Waals surface area contributed by atoms with E-state index in [9.17, 15) is 22.8 Å². The maximum atomic E-state index is 11.9. The molecule has 1 rings (SSSR count). The van der Waals surface area contributed by atoms with E-state index in [0.717, 1.165) is 6.07 Å². The first-order valence-corrected chi connectivity index (χ1v) is 3.67. The molecule has 1 aromatic heterocycles. The summed E-state index contributed by atoms with van der Waals surface area (Å²) in [6.45, 7) is -0.151. The fourth-order valence-electron chi connectivity index (χ4n) is 0.964. The second-order valence-electron chi connectivity index (χ2n) is 2.80. The van der Waals surface area contributed by atoms with Gasteiger partial charge in [-0.15, -0.1) is 0 Å². The highest BCUT2D eigenvalue weighted by Crippen LogP contribution is 2.15. The molecule has 0 saturated heterocycles. The number of aryl methyl sites for hydroxylation is 1. The van der Waals surface area contributed by atoms with Crippen LogP contribution in [0.1, 0.15) is 5.69 Å². The highest BCUT2D eigenvalue weighted by molar-refractivity contribution is 4.96. The lowest BCUT2D eigenvalue weighted by Gasteiger charge is -2.07. The zero-order valence-corrected chi connectivity index (χ0v) is 7.18.